The number of rotatable bonds is 4. The molecule has 0 aliphatic rings. The highest BCUT2D eigenvalue weighted by molar-refractivity contribution is 8.16. The van der Waals surface area contributed by atoms with Crippen molar-refractivity contribution in [2.75, 3.05) is 25.0 Å². The Morgan fingerprint density at radius 2 is 1.62 bits per heavy atom. The van der Waals surface area contributed by atoms with Crippen LogP contribution >= 0.6 is 10.9 Å². The van der Waals surface area contributed by atoms with E-state index >= 15 is 0 Å². The summed E-state index contributed by atoms with van der Waals surface area (Å²) < 4.78 is 0. The molecule has 6 heteroatoms. The second-order valence-electron chi connectivity index (χ2n) is 3.82. The van der Waals surface area contributed by atoms with Crippen LogP contribution in [0.4, 0.5) is 0 Å². The van der Waals surface area contributed by atoms with Gasteiger partial charge < -0.3 is 15.0 Å². The van der Waals surface area contributed by atoms with Gasteiger partial charge in [-0.3, -0.25) is 4.79 Å². The van der Waals surface area contributed by atoms with Crippen molar-refractivity contribution in [1.82, 2.24) is 0 Å². The van der Waals surface area contributed by atoms with Gasteiger partial charge >= 0.3 is 5.97 Å². The van der Waals surface area contributed by atoms with E-state index in [4.69, 9.17) is 5.11 Å². The predicted molar refractivity (Wildman–Crippen MR) is 71.6 cm³/mol. The van der Waals surface area contributed by atoms with Crippen molar-refractivity contribution in [3.05, 3.63) is 0 Å². The summed E-state index contributed by atoms with van der Waals surface area (Å²) in [6.45, 7) is 3.41. The van der Waals surface area contributed by atoms with E-state index in [1.54, 1.807) is 13.8 Å². The molecule has 0 bridgehead atoms. The van der Waals surface area contributed by atoms with Crippen molar-refractivity contribution in [1.29, 1.82) is 0 Å². The maximum atomic E-state index is 10.2. The van der Waals surface area contributed by atoms with E-state index in [0.29, 0.717) is 0 Å². The van der Waals surface area contributed by atoms with E-state index in [0.717, 1.165) is 0 Å². The van der Waals surface area contributed by atoms with E-state index in [1.807, 2.05) is 25.0 Å². The second-order valence-corrected chi connectivity index (χ2v) is 8.99. The van der Waals surface area contributed by atoms with E-state index < -0.39 is 11.9 Å². The number of hydrogen-bond acceptors (Lipinski definition) is 3. The fraction of sp³-hybridized carbons (Fsp3) is 0.800. The van der Waals surface area contributed by atoms with Gasteiger partial charge in [-0.1, -0.05) is 0 Å². The monoisotopic (exact) mass is 270 g/mol. The Morgan fingerprint density at radius 3 is 1.62 bits per heavy atom. The maximum absolute atomic E-state index is 10.2. The number of carboxylic acid groups (broad SMARTS) is 2. The minimum absolute atomic E-state index is 0.0525. The lowest BCUT2D eigenvalue weighted by Gasteiger charge is -2.12. The molecule has 0 rings (SSSR count). The van der Waals surface area contributed by atoms with Gasteiger partial charge in [-0.25, -0.2) is 10.9 Å². The van der Waals surface area contributed by atoms with Crippen molar-refractivity contribution < 1.29 is 19.8 Å². The molecule has 0 amide bonds. The standard InChI is InChI=1S/C5H12O2S.C5H10O2S/c2*1-4(5(6)7)8(2)3/h4,8H,1-3H3,(H,6,7);4H,1-3H3. The lowest BCUT2D eigenvalue weighted by molar-refractivity contribution is -0.304. The number of hydrogen-bond donors (Lipinski definition) is 2. The SMILES string of the molecule is CC(C(=O)O)[SH](C)C.CC(C(=O)[O-])[S+](C)C. The van der Waals surface area contributed by atoms with E-state index in [1.165, 1.54) is 0 Å². The van der Waals surface area contributed by atoms with Crippen LogP contribution in [0, 0.1) is 0 Å². The highest BCUT2D eigenvalue weighted by Crippen LogP contribution is 2.20. The fourth-order valence-electron chi connectivity index (χ4n) is 0.413. The van der Waals surface area contributed by atoms with Gasteiger partial charge in [-0.05, 0) is 37.3 Å². The molecular weight excluding hydrogens is 248 g/mol. The highest BCUT2D eigenvalue weighted by atomic mass is 32.2. The van der Waals surface area contributed by atoms with Crippen molar-refractivity contribution in [3.8, 4) is 0 Å². The molecular formula is C10H22O4S2. The lowest BCUT2D eigenvalue weighted by Crippen LogP contribution is -2.38. The Hall–Kier alpha value is -0.360. The zero-order chi connectivity index (χ0) is 13.5. The molecule has 0 aliphatic carbocycles. The summed E-state index contributed by atoms with van der Waals surface area (Å²) in [6.07, 6.45) is 7.71. The molecule has 2 unspecified atom stereocenters. The molecule has 0 saturated heterocycles. The average molecular weight is 270 g/mol. The van der Waals surface area contributed by atoms with Gasteiger partial charge in [0.25, 0.3) is 0 Å². The normalized spacial score (nSPS) is 14.6. The summed E-state index contributed by atoms with van der Waals surface area (Å²) in [6, 6.07) is 0. The third-order valence-corrected chi connectivity index (χ3v) is 5.55. The summed E-state index contributed by atoms with van der Waals surface area (Å²) in [4.78, 5) is 20.2. The Bertz CT molecular complexity index is 205. The third kappa shape index (κ3) is 8.91. The summed E-state index contributed by atoms with van der Waals surface area (Å²) in [5.41, 5.74) is 0. The third-order valence-electron chi connectivity index (χ3n) is 2.17. The minimum Gasteiger partial charge on any atom is -0.545 e. The van der Waals surface area contributed by atoms with Crippen LogP contribution in [0.1, 0.15) is 13.8 Å². The summed E-state index contributed by atoms with van der Waals surface area (Å²) in [5, 5.41) is 18.0. The zero-order valence-corrected chi connectivity index (χ0v) is 12.4. The van der Waals surface area contributed by atoms with Crippen LogP contribution in [0.15, 0.2) is 0 Å². The molecule has 0 aromatic rings. The minimum atomic E-state index is -0.946. The van der Waals surface area contributed by atoms with Gasteiger partial charge in [0.15, 0.2) is 5.25 Å². The molecule has 0 spiro atoms. The van der Waals surface area contributed by atoms with E-state index in [-0.39, 0.29) is 32.3 Å². The number of carbonyl (C=O) groups is 2. The summed E-state index contributed by atoms with van der Waals surface area (Å²) in [7, 11) is -0.353. The lowest BCUT2D eigenvalue weighted by atomic mass is 10.5. The van der Waals surface area contributed by atoms with Gasteiger partial charge in [0.05, 0.1) is 23.7 Å². The van der Waals surface area contributed by atoms with Gasteiger partial charge in [0.1, 0.15) is 0 Å². The van der Waals surface area contributed by atoms with Gasteiger partial charge in [0.2, 0.25) is 0 Å². The maximum Gasteiger partial charge on any atom is 0.314 e. The van der Waals surface area contributed by atoms with Crippen LogP contribution in [0.5, 0.6) is 0 Å². The first kappa shape index (κ1) is 18.0. The molecule has 1 N–H and O–H groups in total. The average Bonchev–Trinajstić information content (AvgIpc) is 2.15. The zero-order valence-electron chi connectivity index (χ0n) is 10.7. The molecule has 0 saturated carbocycles. The second kappa shape index (κ2) is 8.75. The molecule has 98 valence electrons. The Kier molecular flexibility index (Phi) is 9.86. The first-order valence-electron chi connectivity index (χ1n) is 4.77. The van der Waals surface area contributed by atoms with Crippen LogP contribution in [0.2, 0.25) is 0 Å². The Balaban J connectivity index is 0. The molecule has 16 heavy (non-hydrogen) atoms. The van der Waals surface area contributed by atoms with Crippen molar-refractivity contribution in [3.63, 3.8) is 0 Å². The topological polar surface area (TPSA) is 77.4 Å². The van der Waals surface area contributed by atoms with Crippen LogP contribution < -0.4 is 5.11 Å². The molecule has 0 fully saturated rings. The van der Waals surface area contributed by atoms with Gasteiger partial charge in [0, 0.05) is 0 Å². The first-order valence-corrected chi connectivity index (χ1v) is 9.18. The van der Waals surface area contributed by atoms with Crippen LogP contribution in [0.25, 0.3) is 0 Å². The number of carboxylic acids is 2. The Morgan fingerprint density at radius 1 is 1.25 bits per heavy atom. The van der Waals surface area contributed by atoms with Crippen LogP contribution in [0.3, 0.4) is 0 Å². The predicted octanol–water partition coefficient (Wildman–Crippen LogP) is -0.277. The molecule has 0 radical (unpaired) electrons. The Labute approximate surface area is 103 Å². The molecule has 0 aliphatic heterocycles. The first-order chi connectivity index (χ1) is 7.11. The van der Waals surface area contributed by atoms with Crippen LogP contribution in [-0.2, 0) is 20.5 Å². The van der Waals surface area contributed by atoms with Crippen molar-refractivity contribution >= 4 is 33.7 Å². The summed E-state index contributed by atoms with van der Waals surface area (Å²) in [5.74, 6) is -1.63. The quantitative estimate of drug-likeness (QED) is 0.544. The fourth-order valence-corrected chi connectivity index (χ4v) is 1.24. The van der Waals surface area contributed by atoms with E-state index in [2.05, 4.69) is 0 Å². The van der Waals surface area contributed by atoms with Crippen LogP contribution in [-0.4, -0.2) is 52.6 Å². The molecule has 0 heterocycles. The number of aliphatic carboxylic acids is 2. The number of carbonyl (C=O) groups excluding carboxylic acids is 1. The summed E-state index contributed by atoms with van der Waals surface area (Å²) >= 11 is 0. The molecule has 0 aromatic carbocycles. The molecule has 2 atom stereocenters. The van der Waals surface area contributed by atoms with Crippen molar-refractivity contribution in [2.24, 2.45) is 0 Å². The highest BCUT2D eigenvalue weighted by Gasteiger charge is 2.15. The molecule has 0 aromatic heterocycles. The smallest absolute Gasteiger partial charge is 0.314 e. The van der Waals surface area contributed by atoms with Crippen molar-refractivity contribution in [2.45, 2.75) is 24.3 Å². The number of thiol groups is 1. The van der Waals surface area contributed by atoms with Gasteiger partial charge in [-0.2, -0.15) is 0 Å². The van der Waals surface area contributed by atoms with Gasteiger partial charge in [-0.15, -0.1) is 0 Å². The van der Waals surface area contributed by atoms with E-state index in [9.17, 15) is 14.7 Å². The largest absolute Gasteiger partial charge is 0.545 e. The molecule has 4 nitrogen and oxygen atoms in total.